The van der Waals surface area contributed by atoms with Crippen molar-refractivity contribution in [2.75, 3.05) is 0 Å². The molecule has 0 aliphatic heterocycles. The summed E-state index contributed by atoms with van der Waals surface area (Å²) in [4.78, 5) is 0. The van der Waals surface area contributed by atoms with Crippen LogP contribution in [0.15, 0.2) is 33.9 Å². The number of hydrogen-bond acceptors (Lipinski definition) is 0. The molecule has 0 saturated heterocycles. The molecule has 0 radical (unpaired) electrons. The van der Waals surface area contributed by atoms with Crippen LogP contribution in [0, 0.1) is 12.3 Å². The molecule has 1 fully saturated rings. The van der Waals surface area contributed by atoms with Gasteiger partial charge >= 0.3 is 51.4 Å². The van der Waals surface area contributed by atoms with E-state index in [4.69, 9.17) is 0 Å². The third kappa shape index (κ3) is 2.81. The molecule has 0 aromatic heterocycles. The molecule has 16 heavy (non-hydrogen) atoms. The van der Waals surface area contributed by atoms with Gasteiger partial charge in [0, 0.05) is 0 Å². The summed E-state index contributed by atoms with van der Waals surface area (Å²) in [6.07, 6.45) is 8.87. The van der Waals surface area contributed by atoms with Crippen LogP contribution in [-0.4, -0.2) is 0 Å². The zero-order valence-electron chi connectivity index (χ0n) is 11.4. The fraction of sp³-hybridized carbons (Fsp3) is 0.533. The summed E-state index contributed by atoms with van der Waals surface area (Å²) in [5, 5.41) is 0. The molecular weight excluding hydrogens is 219 g/mol. The average Bonchev–Trinajstić information content (AvgIpc) is 2.79. The van der Waals surface area contributed by atoms with Crippen molar-refractivity contribution in [2.45, 2.75) is 47.0 Å². The standard InChI is InChI=1S/C15H21.K/c1-10-11(2)13(4)15(12(10)3)9-14-7-5-6-8-14;/h5,9,14H,6-8H2,1-4H3;/q-1;+1. The van der Waals surface area contributed by atoms with E-state index in [0.717, 1.165) is 5.92 Å². The average molecular weight is 240 g/mol. The summed E-state index contributed by atoms with van der Waals surface area (Å²) in [5.74, 6) is 0.795. The van der Waals surface area contributed by atoms with E-state index in [2.05, 4.69) is 40.2 Å². The zero-order chi connectivity index (χ0) is 11.0. The zero-order valence-corrected chi connectivity index (χ0v) is 14.5. The molecule has 1 heteroatoms. The van der Waals surface area contributed by atoms with Crippen LogP contribution in [0.5, 0.6) is 0 Å². The Morgan fingerprint density at radius 2 is 1.56 bits per heavy atom. The van der Waals surface area contributed by atoms with Crippen molar-refractivity contribution in [1.82, 2.24) is 0 Å². The summed E-state index contributed by atoms with van der Waals surface area (Å²) in [6.45, 7) is 9.02. The van der Waals surface area contributed by atoms with Crippen molar-refractivity contribution in [3.8, 4) is 0 Å². The van der Waals surface area contributed by atoms with Crippen LogP contribution in [0.25, 0.3) is 0 Å². The van der Waals surface area contributed by atoms with E-state index in [-0.39, 0.29) is 51.4 Å². The van der Waals surface area contributed by atoms with Crippen molar-refractivity contribution in [3.63, 3.8) is 0 Å². The van der Waals surface area contributed by atoms with Gasteiger partial charge in [-0.25, -0.2) is 0 Å². The molecule has 0 N–H and O–H groups in total. The van der Waals surface area contributed by atoms with Crippen molar-refractivity contribution >= 4 is 0 Å². The maximum Gasteiger partial charge on any atom is 1.00 e. The summed E-state index contributed by atoms with van der Waals surface area (Å²) in [7, 11) is 0. The number of hydrogen-bond donors (Lipinski definition) is 0. The van der Waals surface area contributed by atoms with Gasteiger partial charge in [-0.15, -0.1) is 0 Å². The normalized spacial score (nSPS) is 25.2. The smallest absolute Gasteiger partial charge is 0.328 e. The first-order valence-corrected chi connectivity index (χ1v) is 6.01. The second-order valence-corrected chi connectivity index (χ2v) is 4.94. The van der Waals surface area contributed by atoms with Gasteiger partial charge in [0.25, 0.3) is 0 Å². The van der Waals surface area contributed by atoms with Gasteiger partial charge in [-0.1, -0.05) is 18.4 Å². The van der Waals surface area contributed by atoms with Crippen LogP contribution in [0.3, 0.4) is 0 Å². The summed E-state index contributed by atoms with van der Waals surface area (Å²) < 4.78 is 0. The third-order valence-corrected chi connectivity index (χ3v) is 4.11. The van der Waals surface area contributed by atoms with E-state index in [0.29, 0.717) is 0 Å². The Morgan fingerprint density at radius 3 is 2.00 bits per heavy atom. The van der Waals surface area contributed by atoms with E-state index in [1.54, 1.807) is 0 Å². The van der Waals surface area contributed by atoms with Gasteiger partial charge in [0.05, 0.1) is 0 Å². The van der Waals surface area contributed by atoms with Crippen molar-refractivity contribution in [2.24, 2.45) is 5.92 Å². The molecule has 2 aliphatic rings. The van der Waals surface area contributed by atoms with Gasteiger partial charge in [-0.2, -0.15) is 12.8 Å². The Bertz CT molecular complexity index is 337. The molecule has 0 amide bonds. The van der Waals surface area contributed by atoms with Gasteiger partial charge in [-0.05, 0) is 55.6 Å². The molecule has 1 unspecified atom stereocenters. The largest absolute Gasteiger partial charge is 1.00 e. The van der Waals surface area contributed by atoms with E-state index in [1.165, 1.54) is 47.1 Å². The van der Waals surface area contributed by atoms with Crippen LogP contribution >= 0.6 is 0 Å². The van der Waals surface area contributed by atoms with E-state index >= 15 is 0 Å². The third-order valence-electron chi connectivity index (χ3n) is 4.11. The Hall–Kier alpha value is 0.856. The molecule has 82 valence electrons. The molecule has 0 aromatic carbocycles. The maximum absolute atomic E-state index is 2.51. The predicted octanol–water partition coefficient (Wildman–Crippen LogP) is 1.61. The molecule has 2 rings (SSSR count). The molecule has 1 atom stereocenters. The van der Waals surface area contributed by atoms with Crippen molar-refractivity contribution < 1.29 is 51.4 Å². The van der Waals surface area contributed by atoms with Crippen LogP contribution in [-0.2, 0) is 0 Å². The SMILES string of the molecule is CC1=C(C)C(C)=C(C)C1=CC1C[CH-]CC1.[K+]. The van der Waals surface area contributed by atoms with Crippen LogP contribution < -0.4 is 51.4 Å². The summed E-state index contributed by atoms with van der Waals surface area (Å²) >= 11 is 0. The number of rotatable bonds is 1. The van der Waals surface area contributed by atoms with Crippen molar-refractivity contribution in [3.05, 3.63) is 40.4 Å². The Labute approximate surface area is 143 Å². The molecule has 0 heterocycles. The van der Waals surface area contributed by atoms with Crippen LogP contribution in [0.4, 0.5) is 0 Å². The molecular formula is C15H21K. The maximum atomic E-state index is 2.51. The van der Waals surface area contributed by atoms with Gasteiger partial charge in [-0.3, -0.25) is 0 Å². The minimum atomic E-state index is 0. The minimum Gasteiger partial charge on any atom is -0.328 e. The van der Waals surface area contributed by atoms with E-state index in [1.807, 2.05) is 0 Å². The molecule has 0 spiro atoms. The van der Waals surface area contributed by atoms with Gasteiger partial charge < -0.3 is 6.42 Å². The summed E-state index contributed by atoms with van der Waals surface area (Å²) in [6, 6.07) is 0. The van der Waals surface area contributed by atoms with Crippen LogP contribution in [0.2, 0.25) is 0 Å². The van der Waals surface area contributed by atoms with Gasteiger partial charge in [0.1, 0.15) is 0 Å². The molecule has 0 nitrogen and oxygen atoms in total. The Morgan fingerprint density at radius 1 is 1.00 bits per heavy atom. The van der Waals surface area contributed by atoms with Gasteiger partial charge in [0.15, 0.2) is 0 Å². The van der Waals surface area contributed by atoms with E-state index in [9.17, 15) is 0 Å². The number of allylic oxidation sites excluding steroid dienone is 6. The second kappa shape index (κ2) is 6.15. The topological polar surface area (TPSA) is 0 Å². The molecule has 1 saturated carbocycles. The fourth-order valence-electron chi connectivity index (χ4n) is 2.67. The van der Waals surface area contributed by atoms with E-state index < -0.39 is 0 Å². The van der Waals surface area contributed by atoms with Gasteiger partial charge in [0.2, 0.25) is 0 Å². The Balaban J connectivity index is 0.00000128. The summed E-state index contributed by atoms with van der Waals surface area (Å²) in [5.41, 5.74) is 7.49. The monoisotopic (exact) mass is 240 g/mol. The first-order chi connectivity index (χ1) is 7.11. The minimum absolute atomic E-state index is 0. The fourth-order valence-corrected chi connectivity index (χ4v) is 2.67. The quantitative estimate of drug-likeness (QED) is 0.482. The first-order valence-electron chi connectivity index (χ1n) is 6.01. The molecule has 0 bridgehead atoms. The predicted molar refractivity (Wildman–Crippen MR) is 66.5 cm³/mol. The molecule has 0 aromatic rings. The first kappa shape index (κ1) is 14.9. The van der Waals surface area contributed by atoms with Crippen molar-refractivity contribution in [1.29, 1.82) is 0 Å². The van der Waals surface area contributed by atoms with Crippen LogP contribution in [0.1, 0.15) is 47.0 Å². The molecule has 2 aliphatic carbocycles. The second-order valence-electron chi connectivity index (χ2n) is 4.94. The Kier molecular flexibility index (Phi) is 5.73.